The van der Waals surface area contributed by atoms with Crippen LogP contribution in [0, 0.1) is 21.7 Å². The van der Waals surface area contributed by atoms with Crippen molar-refractivity contribution < 1.29 is 18.5 Å². The summed E-state index contributed by atoms with van der Waals surface area (Å²) in [5.41, 5.74) is -1.92. The van der Waals surface area contributed by atoms with Crippen molar-refractivity contribution in [1.82, 2.24) is 5.32 Å². The van der Waals surface area contributed by atoms with E-state index in [-0.39, 0.29) is 11.9 Å². The molecule has 0 radical (unpaired) electrons. The lowest BCUT2D eigenvalue weighted by Gasteiger charge is -2.10. The minimum absolute atomic E-state index is 0.0236. The predicted molar refractivity (Wildman–Crippen MR) is 69.9 cm³/mol. The van der Waals surface area contributed by atoms with Gasteiger partial charge in [0.1, 0.15) is 11.4 Å². The van der Waals surface area contributed by atoms with Crippen molar-refractivity contribution in [3.8, 4) is 0 Å². The third-order valence-corrected chi connectivity index (χ3v) is 2.95. The van der Waals surface area contributed by atoms with E-state index in [9.17, 15) is 23.7 Å². The number of nitrogens with zero attached hydrogens (tertiary/aromatic N) is 1. The number of nitrogens with one attached hydrogen (secondary N) is 1. The Kier molecular flexibility index (Phi) is 5.82. The molecule has 0 heterocycles. The van der Waals surface area contributed by atoms with Crippen LogP contribution in [0.15, 0.2) is 12.1 Å². The summed E-state index contributed by atoms with van der Waals surface area (Å²) in [5, 5.41) is 12.4. The lowest BCUT2D eigenvalue weighted by molar-refractivity contribution is -0.387. The zero-order valence-corrected chi connectivity index (χ0v) is 11.4. The Hall–Kier alpha value is -1.76. The van der Waals surface area contributed by atoms with Gasteiger partial charge in [-0.05, 0) is 12.5 Å². The first-order chi connectivity index (χ1) is 9.38. The van der Waals surface area contributed by atoms with Gasteiger partial charge in [0.05, 0.1) is 10.3 Å². The van der Waals surface area contributed by atoms with E-state index < -0.39 is 33.7 Å². The number of amides is 1. The summed E-state index contributed by atoms with van der Waals surface area (Å²) in [5.74, 6) is -3.72. The van der Waals surface area contributed by atoms with E-state index in [1.54, 1.807) is 0 Å². The minimum atomic E-state index is -1.49. The van der Waals surface area contributed by atoms with Crippen LogP contribution in [-0.2, 0) is 0 Å². The second-order valence-corrected chi connectivity index (χ2v) is 4.73. The molecule has 0 saturated heterocycles. The molecule has 20 heavy (non-hydrogen) atoms. The van der Waals surface area contributed by atoms with Gasteiger partial charge >= 0.3 is 5.69 Å². The van der Waals surface area contributed by atoms with Crippen LogP contribution in [0.4, 0.5) is 14.5 Å². The van der Waals surface area contributed by atoms with E-state index in [2.05, 4.69) is 5.32 Å². The van der Waals surface area contributed by atoms with Crippen molar-refractivity contribution >= 4 is 23.2 Å². The summed E-state index contributed by atoms with van der Waals surface area (Å²) in [6, 6.07) is 1.35. The number of carbonyl (C=O) groups is 1. The van der Waals surface area contributed by atoms with Crippen molar-refractivity contribution in [3.05, 3.63) is 39.4 Å². The summed E-state index contributed by atoms with van der Waals surface area (Å²) in [7, 11) is 0. The fraction of sp³-hybridized carbons (Fsp3) is 0.417. The normalized spacial score (nSPS) is 12.0. The number of rotatable bonds is 6. The van der Waals surface area contributed by atoms with Gasteiger partial charge in [0.2, 0.25) is 5.82 Å². The number of hydrogen-bond acceptors (Lipinski definition) is 3. The summed E-state index contributed by atoms with van der Waals surface area (Å²) in [6.45, 7) is 1.92. The Morgan fingerprint density at radius 2 is 2.15 bits per heavy atom. The third-order valence-electron chi connectivity index (χ3n) is 2.58. The first kappa shape index (κ1) is 16.3. The fourth-order valence-corrected chi connectivity index (χ4v) is 1.89. The number of nitro groups is 1. The maximum absolute atomic E-state index is 13.7. The predicted octanol–water partition coefficient (Wildman–Crippen LogP) is 3.01. The smallest absolute Gasteiger partial charge is 0.305 e. The summed E-state index contributed by atoms with van der Waals surface area (Å²) < 4.78 is 27.2. The molecular weight excluding hydrogens is 294 g/mol. The van der Waals surface area contributed by atoms with Crippen LogP contribution in [-0.4, -0.2) is 22.8 Å². The number of halogens is 3. The summed E-state index contributed by atoms with van der Waals surface area (Å²) >= 11 is 5.86. The van der Waals surface area contributed by atoms with E-state index in [1.165, 1.54) is 0 Å². The molecule has 1 aromatic rings. The molecule has 0 spiro atoms. The molecule has 5 nitrogen and oxygen atoms in total. The molecule has 1 amide bonds. The van der Waals surface area contributed by atoms with E-state index >= 15 is 0 Å². The van der Waals surface area contributed by atoms with Gasteiger partial charge in [-0.1, -0.05) is 13.3 Å². The van der Waals surface area contributed by atoms with Gasteiger partial charge in [0.15, 0.2) is 0 Å². The largest absolute Gasteiger partial charge is 0.350 e. The zero-order chi connectivity index (χ0) is 15.3. The lowest BCUT2D eigenvalue weighted by Crippen LogP contribution is -2.31. The van der Waals surface area contributed by atoms with Crippen molar-refractivity contribution in [1.29, 1.82) is 0 Å². The average molecular weight is 307 g/mol. The molecule has 0 aromatic heterocycles. The Labute approximate surface area is 119 Å². The first-order valence-electron chi connectivity index (χ1n) is 5.93. The average Bonchev–Trinajstić information content (AvgIpc) is 2.36. The highest BCUT2D eigenvalue weighted by atomic mass is 35.5. The highest BCUT2D eigenvalue weighted by molar-refractivity contribution is 6.20. The molecule has 1 N–H and O–H groups in total. The van der Waals surface area contributed by atoms with E-state index in [0.29, 0.717) is 18.6 Å². The quantitative estimate of drug-likeness (QED) is 0.499. The molecule has 1 unspecified atom stereocenters. The molecule has 110 valence electrons. The monoisotopic (exact) mass is 306 g/mol. The maximum Gasteiger partial charge on any atom is 0.305 e. The second-order valence-electron chi connectivity index (χ2n) is 4.11. The van der Waals surface area contributed by atoms with Gasteiger partial charge in [-0.15, -0.1) is 11.6 Å². The van der Waals surface area contributed by atoms with Crippen molar-refractivity contribution in [3.63, 3.8) is 0 Å². The molecule has 0 aliphatic rings. The summed E-state index contributed by atoms with van der Waals surface area (Å²) in [6.07, 6.45) is 1.42. The van der Waals surface area contributed by atoms with Gasteiger partial charge < -0.3 is 5.32 Å². The number of carbonyl (C=O) groups excluding carboxylic acids is 1. The first-order valence-corrected chi connectivity index (χ1v) is 6.36. The topological polar surface area (TPSA) is 72.2 Å². The third kappa shape index (κ3) is 3.86. The molecule has 0 saturated carbocycles. The van der Waals surface area contributed by atoms with Crippen LogP contribution < -0.4 is 5.32 Å². The molecule has 0 bridgehead atoms. The van der Waals surface area contributed by atoms with Crippen LogP contribution >= 0.6 is 11.6 Å². The number of benzene rings is 1. The second kappa shape index (κ2) is 7.14. The van der Waals surface area contributed by atoms with Gasteiger partial charge in [-0.2, -0.15) is 4.39 Å². The highest BCUT2D eigenvalue weighted by Gasteiger charge is 2.26. The van der Waals surface area contributed by atoms with Gasteiger partial charge in [0.25, 0.3) is 5.91 Å². The minimum Gasteiger partial charge on any atom is -0.350 e. The van der Waals surface area contributed by atoms with E-state index in [0.717, 1.165) is 6.42 Å². The zero-order valence-electron chi connectivity index (χ0n) is 10.7. The maximum atomic E-state index is 13.7. The number of nitro benzene ring substituents is 1. The Balaban J connectivity index is 2.92. The molecule has 0 fully saturated rings. The van der Waals surface area contributed by atoms with Crippen LogP contribution in [0.2, 0.25) is 0 Å². The summed E-state index contributed by atoms with van der Waals surface area (Å²) in [4.78, 5) is 21.2. The van der Waals surface area contributed by atoms with Gasteiger partial charge in [-0.25, -0.2) is 4.39 Å². The standard InChI is InChI=1S/C12H13ClF2N2O3/c1-2-3-7(13)6-16-12(18)10-8(14)4-5-9(11(10)15)17(19)20/h4-5,7H,2-3,6H2,1H3,(H,16,18). The Bertz CT molecular complexity index is 526. The van der Waals surface area contributed by atoms with Crippen molar-refractivity contribution in [2.45, 2.75) is 25.1 Å². The van der Waals surface area contributed by atoms with Gasteiger partial charge in [0, 0.05) is 12.6 Å². The van der Waals surface area contributed by atoms with Crippen molar-refractivity contribution in [2.24, 2.45) is 0 Å². The van der Waals surface area contributed by atoms with Gasteiger partial charge in [-0.3, -0.25) is 14.9 Å². The Morgan fingerprint density at radius 3 is 2.70 bits per heavy atom. The fourth-order valence-electron chi connectivity index (χ4n) is 1.60. The Morgan fingerprint density at radius 1 is 1.50 bits per heavy atom. The molecule has 8 heteroatoms. The highest BCUT2D eigenvalue weighted by Crippen LogP contribution is 2.23. The SMILES string of the molecule is CCCC(Cl)CNC(=O)c1c(F)ccc([N+](=O)[O-])c1F. The lowest BCUT2D eigenvalue weighted by atomic mass is 10.1. The molecule has 0 aliphatic heterocycles. The molecule has 1 aromatic carbocycles. The number of alkyl halides is 1. The van der Waals surface area contributed by atoms with E-state index in [1.807, 2.05) is 6.92 Å². The molecular formula is C12H13ClF2N2O3. The van der Waals surface area contributed by atoms with Crippen LogP contribution in [0.1, 0.15) is 30.1 Å². The molecule has 0 aliphatic carbocycles. The van der Waals surface area contributed by atoms with Crippen molar-refractivity contribution in [2.75, 3.05) is 6.54 Å². The van der Waals surface area contributed by atoms with Crippen LogP contribution in [0.5, 0.6) is 0 Å². The van der Waals surface area contributed by atoms with Crippen LogP contribution in [0.25, 0.3) is 0 Å². The van der Waals surface area contributed by atoms with Crippen LogP contribution in [0.3, 0.4) is 0 Å². The molecule has 1 atom stereocenters. The van der Waals surface area contributed by atoms with E-state index in [4.69, 9.17) is 11.6 Å². The number of hydrogen-bond donors (Lipinski definition) is 1. The molecule has 1 rings (SSSR count).